The maximum atomic E-state index is 12.7. The number of hydrogen-bond donors (Lipinski definition) is 1. The van der Waals surface area contributed by atoms with Gasteiger partial charge in [0.05, 0.1) is 5.69 Å². The van der Waals surface area contributed by atoms with Crippen LogP contribution in [-0.2, 0) is 16.4 Å². The molecule has 0 bridgehead atoms. The molecular formula is C14H15N3O2S. The Balaban J connectivity index is 2.12. The lowest BCUT2D eigenvalue weighted by Gasteiger charge is -2.24. The van der Waals surface area contributed by atoms with Crippen LogP contribution in [0.1, 0.15) is 12.5 Å². The highest BCUT2D eigenvalue weighted by Gasteiger charge is 2.36. The lowest BCUT2D eigenvalue weighted by molar-refractivity contribution is 0.584. The summed E-state index contributed by atoms with van der Waals surface area (Å²) in [5.41, 5.74) is 8.08. The third-order valence-electron chi connectivity index (χ3n) is 3.45. The van der Waals surface area contributed by atoms with E-state index < -0.39 is 10.0 Å². The molecule has 1 aliphatic rings. The summed E-state index contributed by atoms with van der Waals surface area (Å²) in [6, 6.07) is 8.38. The lowest BCUT2D eigenvalue weighted by atomic mass is 10.1. The molecule has 20 heavy (non-hydrogen) atoms. The van der Waals surface area contributed by atoms with E-state index in [1.54, 1.807) is 30.5 Å². The van der Waals surface area contributed by atoms with E-state index in [2.05, 4.69) is 4.98 Å². The van der Waals surface area contributed by atoms with Gasteiger partial charge in [-0.15, -0.1) is 0 Å². The topological polar surface area (TPSA) is 76.3 Å². The van der Waals surface area contributed by atoms with Crippen LogP contribution >= 0.6 is 0 Å². The van der Waals surface area contributed by atoms with Crippen molar-refractivity contribution in [2.45, 2.75) is 24.3 Å². The number of nitrogen functional groups attached to an aromatic ring is 1. The van der Waals surface area contributed by atoms with Gasteiger partial charge >= 0.3 is 0 Å². The Morgan fingerprint density at radius 2 is 2.15 bits per heavy atom. The van der Waals surface area contributed by atoms with Gasteiger partial charge in [0.2, 0.25) is 0 Å². The van der Waals surface area contributed by atoms with E-state index in [4.69, 9.17) is 5.73 Å². The van der Waals surface area contributed by atoms with Crippen molar-refractivity contribution in [2.75, 3.05) is 10.0 Å². The van der Waals surface area contributed by atoms with Crippen LogP contribution in [0.15, 0.2) is 47.6 Å². The van der Waals surface area contributed by atoms with Crippen molar-refractivity contribution in [3.05, 3.63) is 48.3 Å². The van der Waals surface area contributed by atoms with Gasteiger partial charge < -0.3 is 5.73 Å². The zero-order valence-corrected chi connectivity index (χ0v) is 11.8. The fraction of sp³-hybridized carbons (Fsp3) is 0.214. The number of nitrogens with two attached hydrogens (primary N) is 1. The van der Waals surface area contributed by atoms with Gasteiger partial charge in [-0.25, -0.2) is 8.42 Å². The second-order valence-corrected chi connectivity index (χ2v) is 6.75. The second-order valence-electron chi connectivity index (χ2n) is 4.93. The van der Waals surface area contributed by atoms with Crippen molar-refractivity contribution >= 4 is 21.4 Å². The van der Waals surface area contributed by atoms with Gasteiger partial charge in [-0.3, -0.25) is 9.29 Å². The van der Waals surface area contributed by atoms with E-state index in [1.165, 1.54) is 10.5 Å². The van der Waals surface area contributed by atoms with Gasteiger partial charge in [0.25, 0.3) is 10.0 Å². The molecule has 1 aromatic carbocycles. The monoisotopic (exact) mass is 289 g/mol. The molecule has 0 radical (unpaired) electrons. The first-order valence-corrected chi connectivity index (χ1v) is 7.77. The average molecular weight is 289 g/mol. The number of rotatable bonds is 2. The van der Waals surface area contributed by atoms with Gasteiger partial charge in [0.15, 0.2) is 0 Å². The number of fused-ring (bicyclic) bond motifs is 1. The van der Waals surface area contributed by atoms with Crippen LogP contribution in [0.2, 0.25) is 0 Å². The van der Waals surface area contributed by atoms with Crippen LogP contribution in [0, 0.1) is 0 Å². The van der Waals surface area contributed by atoms with Gasteiger partial charge in [-0.2, -0.15) is 0 Å². The minimum atomic E-state index is -3.58. The number of benzene rings is 1. The highest BCUT2D eigenvalue weighted by molar-refractivity contribution is 7.92. The van der Waals surface area contributed by atoms with Gasteiger partial charge in [-0.1, -0.05) is 0 Å². The molecule has 5 nitrogen and oxygen atoms in total. The van der Waals surface area contributed by atoms with E-state index in [1.807, 2.05) is 13.0 Å². The fourth-order valence-corrected chi connectivity index (χ4v) is 4.26. The Kier molecular flexibility index (Phi) is 2.90. The van der Waals surface area contributed by atoms with E-state index in [0.717, 1.165) is 5.56 Å². The van der Waals surface area contributed by atoms with Crippen LogP contribution in [0.25, 0.3) is 0 Å². The zero-order chi connectivity index (χ0) is 14.3. The van der Waals surface area contributed by atoms with Crippen molar-refractivity contribution < 1.29 is 8.42 Å². The third kappa shape index (κ3) is 1.92. The molecule has 0 aliphatic carbocycles. The third-order valence-corrected chi connectivity index (χ3v) is 5.36. The number of sulfonamides is 1. The molecular weight excluding hydrogens is 274 g/mol. The van der Waals surface area contributed by atoms with E-state index >= 15 is 0 Å². The molecule has 2 N–H and O–H groups in total. The largest absolute Gasteiger partial charge is 0.399 e. The predicted molar refractivity (Wildman–Crippen MR) is 77.9 cm³/mol. The SMILES string of the molecule is CC1Cc2cc(N)ccc2N1S(=O)(=O)c1cccnc1. The second kappa shape index (κ2) is 4.49. The summed E-state index contributed by atoms with van der Waals surface area (Å²) < 4.78 is 27.0. The molecule has 104 valence electrons. The highest BCUT2D eigenvalue weighted by atomic mass is 32.2. The summed E-state index contributed by atoms with van der Waals surface area (Å²) in [7, 11) is -3.58. The van der Waals surface area contributed by atoms with Crippen molar-refractivity contribution in [3.8, 4) is 0 Å². The van der Waals surface area contributed by atoms with Gasteiger partial charge in [0, 0.05) is 24.1 Å². The number of anilines is 2. The molecule has 1 aliphatic heterocycles. The fourth-order valence-electron chi connectivity index (χ4n) is 2.60. The molecule has 0 amide bonds. The molecule has 3 rings (SSSR count). The minimum Gasteiger partial charge on any atom is -0.399 e. The van der Waals surface area contributed by atoms with Crippen LogP contribution in [0.5, 0.6) is 0 Å². The standard InChI is InChI=1S/C14H15N3O2S/c1-10-7-11-8-12(15)4-5-14(11)17(10)20(18,19)13-3-2-6-16-9-13/h2-6,8-10H,7,15H2,1H3. The van der Waals surface area contributed by atoms with Crippen molar-refractivity contribution in [1.29, 1.82) is 0 Å². The first-order chi connectivity index (χ1) is 9.50. The minimum absolute atomic E-state index is 0.128. The van der Waals surface area contributed by atoms with Crippen LogP contribution in [0.3, 0.4) is 0 Å². The van der Waals surface area contributed by atoms with Crippen molar-refractivity contribution in [1.82, 2.24) is 4.98 Å². The molecule has 2 heterocycles. The zero-order valence-electron chi connectivity index (χ0n) is 11.0. The summed E-state index contributed by atoms with van der Waals surface area (Å²) >= 11 is 0. The number of pyridine rings is 1. The molecule has 1 aromatic heterocycles. The Hall–Kier alpha value is -2.08. The van der Waals surface area contributed by atoms with Crippen molar-refractivity contribution in [3.63, 3.8) is 0 Å². The molecule has 1 atom stereocenters. The predicted octanol–water partition coefficient (Wildman–Crippen LogP) is 1.80. The van der Waals surface area contributed by atoms with Crippen molar-refractivity contribution in [2.24, 2.45) is 0 Å². The number of nitrogens with zero attached hydrogens (tertiary/aromatic N) is 2. The Morgan fingerprint density at radius 1 is 1.35 bits per heavy atom. The molecule has 2 aromatic rings. The number of hydrogen-bond acceptors (Lipinski definition) is 4. The van der Waals surface area contributed by atoms with E-state index in [9.17, 15) is 8.42 Å². The summed E-state index contributed by atoms with van der Waals surface area (Å²) in [5.74, 6) is 0. The summed E-state index contributed by atoms with van der Waals surface area (Å²) in [6.45, 7) is 1.89. The van der Waals surface area contributed by atoms with Gasteiger partial charge in [0.1, 0.15) is 4.90 Å². The van der Waals surface area contributed by atoms with E-state index in [0.29, 0.717) is 17.8 Å². The molecule has 6 heteroatoms. The van der Waals surface area contributed by atoms with Crippen LogP contribution in [-0.4, -0.2) is 19.4 Å². The Bertz CT molecular complexity index is 744. The average Bonchev–Trinajstić information content (AvgIpc) is 2.75. The lowest BCUT2D eigenvalue weighted by Crippen LogP contribution is -2.35. The van der Waals surface area contributed by atoms with E-state index in [-0.39, 0.29) is 10.9 Å². The number of aromatic nitrogens is 1. The van der Waals surface area contributed by atoms with Crippen LogP contribution in [0.4, 0.5) is 11.4 Å². The molecule has 0 fully saturated rings. The summed E-state index contributed by atoms with van der Waals surface area (Å²) in [4.78, 5) is 4.10. The highest BCUT2D eigenvalue weighted by Crippen LogP contribution is 2.37. The molecule has 0 saturated carbocycles. The maximum absolute atomic E-state index is 12.7. The summed E-state index contributed by atoms with van der Waals surface area (Å²) in [6.07, 6.45) is 3.60. The quantitative estimate of drug-likeness (QED) is 0.855. The first kappa shape index (κ1) is 12.9. The molecule has 0 saturated heterocycles. The first-order valence-electron chi connectivity index (χ1n) is 6.33. The van der Waals surface area contributed by atoms with Crippen LogP contribution < -0.4 is 10.0 Å². The normalized spacial score (nSPS) is 18.1. The molecule has 0 spiro atoms. The molecule has 1 unspecified atom stereocenters. The van der Waals surface area contributed by atoms with Gasteiger partial charge in [-0.05, 0) is 49.2 Å². The maximum Gasteiger partial charge on any atom is 0.266 e. The smallest absolute Gasteiger partial charge is 0.266 e. The Morgan fingerprint density at radius 3 is 2.85 bits per heavy atom. The Labute approximate surface area is 118 Å². The summed E-state index contributed by atoms with van der Waals surface area (Å²) in [5, 5.41) is 0.